The quantitative estimate of drug-likeness (QED) is 0.922. The number of halogens is 1. The predicted molar refractivity (Wildman–Crippen MR) is 79.5 cm³/mol. The number of hydrogen-bond acceptors (Lipinski definition) is 2. The fraction of sp³-hybridized carbons (Fsp3) is 0.294. The highest BCUT2D eigenvalue weighted by Crippen LogP contribution is 2.22. The summed E-state index contributed by atoms with van der Waals surface area (Å²) in [5.74, 6) is 0.682. The summed E-state index contributed by atoms with van der Waals surface area (Å²) in [4.78, 5) is 0. The fourth-order valence-electron chi connectivity index (χ4n) is 2.33. The Morgan fingerprint density at radius 3 is 2.15 bits per heavy atom. The molecule has 20 heavy (non-hydrogen) atoms. The maximum Gasteiger partial charge on any atom is 0.129 e. The molecule has 0 spiro atoms. The fourth-order valence-corrected chi connectivity index (χ4v) is 2.33. The molecule has 0 saturated carbocycles. The Kier molecular flexibility index (Phi) is 4.40. The van der Waals surface area contributed by atoms with Crippen LogP contribution >= 0.6 is 0 Å². The van der Waals surface area contributed by atoms with Crippen molar-refractivity contribution in [1.82, 2.24) is 0 Å². The highest BCUT2D eigenvalue weighted by Gasteiger charge is 2.11. The molecule has 2 aromatic rings. The third kappa shape index (κ3) is 3.17. The van der Waals surface area contributed by atoms with Gasteiger partial charge in [0.2, 0.25) is 0 Å². The summed E-state index contributed by atoms with van der Waals surface area (Å²) >= 11 is 0. The molecule has 0 aliphatic rings. The Morgan fingerprint density at radius 1 is 1.10 bits per heavy atom. The third-order valence-corrected chi connectivity index (χ3v) is 3.50. The third-order valence-electron chi connectivity index (χ3n) is 3.50. The summed E-state index contributed by atoms with van der Waals surface area (Å²) < 4.78 is 18.8. The molecule has 3 heteroatoms. The number of rotatable bonds is 4. The van der Waals surface area contributed by atoms with Gasteiger partial charge < -0.3 is 10.5 Å². The molecule has 2 aromatic carbocycles. The van der Waals surface area contributed by atoms with Gasteiger partial charge in [0.05, 0.1) is 7.11 Å². The van der Waals surface area contributed by atoms with E-state index in [2.05, 4.69) is 0 Å². The van der Waals surface area contributed by atoms with E-state index in [-0.39, 0.29) is 11.9 Å². The van der Waals surface area contributed by atoms with Gasteiger partial charge in [0.1, 0.15) is 11.6 Å². The highest BCUT2D eigenvalue weighted by atomic mass is 19.1. The monoisotopic (exact) mass is 273 g/mol. The first-order valence-corrected chi connectivity index (χ1v) is 6.66. The molecule has 0 saturated heterocycles. The molecule has 0 aromatic heterocycles. The molecule has 0 aliphatic heterocycles. The average molecular weight is 273 g/mol. The minimum Gasteiger partial charge on any atom is -0.497 e. The van der Waals surface area contributed by atoms with Crippen molar-refractivity contribution in [2.45, 2.75) is 26.3 Å². The van der Waals surface area contributed by atoms with Crippen molar-refractivity contribution in [3.8, 4) is 5.75 Å². The normalized spacial score (nSPS) is 12.2. The van der Waals surface area contributed by atoms with E-state index in [0.29, 0.717) is 17.5 Å². The Bertz CT molecular complexity index is 569. The van der Waals surface area contributed by atoms with Crippen LogP contribution in [0.5, 0.6) is 5.75 Å². The molecular weight excluding hydrogens is 253 g/mol. The second-order valence-corrected chi connectivity index (χ2v) is 5.13. The molecule has 0 heterocycles. The van der Waals surface area contributed by atoms with Gasteiger partial charge in [-0.3, -0.25) is 0 Å². The lowest BCUT2D eigenvalue weighted by Gasteiger charge is -2.15. The van der Waals surface area contributed by atoms with E-state index in [1.54, 1.807) is 21.0 Å². The van der Waals surface area contributed by atoms with Crippen LogP contribution in [0.2, 0.25) is 0 Å². The van der Waals surface area contributed by atoms with Crippen molar-refractivity contribution in [2.24, 2.45) is 5.73 Å². The zero-order valence-corrected chi connectivity index (χ0v) is 12.1. The topological polar surface area (TPSA) is 35.2 Å². The van der Waals surface area contributed by atoms with Crippen LogP contribution < -0.4 is 10.5 Å². The molecule has 0 amide bonds. The van der Waals surface area contributed by atoms with E-state index < -0.39 is 0 Å². The van der Waals surface area contributed by atoms with Crippen LogP contribution in [0.4, 0.5) is 4.39 Å². The second-order valence-electron chi connectivity index (χ2n) is 5.13. The van der Waals surface area contributed by atoms with Crippen LogP contribution in [0, 0.1) is 19.7 Å². The van der Waals surface area contributed by atoms with E-state index >= 15 is 0 Å². The first-order valence-electron chi connectivity index (χ1n) is 6.66. The second kappa shape index (κ2) is 6.06. The molecule has 1 unspecified atom stereocenters. The smallest absolute Gasteiger partial charge is 0.129 e. The molecule has 2 nitrogen and oxygen atoms in total. The van der Waals surface area contributed by atoms with Crippen molar-refractivity contribution in [3.05, 3.63) is 64.5 Å². The van der Waals surface area contributed by atoms with Gasteiger partial charge in [-0.2, -0.15) is 0 Å². The number of ether oxygens (including phenoxy) is 1. The summed E-state index contributed by atoms with van der Waals surface area (Å²) in [7, 11) is 1.64. The van der Waals surface area contributed by atoms with Gasteiger partial charge in [0, 0.05) is 6.04 Å². The highest BCUT2D eigenvalue weighted by molar-refractivity contribution is 5.34. The van der Waals surface area contributed by atoms with Gasteiger partial charge in [0.25, 0.3) is 0 Å². The molecule has 0 radical (unpaired) electrons. The van der Waals surface area contributed by atoms with Crippen molar-refractivity contribution < 1.29 is 9.13 Å². The van der Waals surface area contributed by atoms with Crippen LogP contribution in [0.15, 0.2) is 36.4 Å². The zero-order valence-electron chi connectivity index (χ0n) is 12.1. The lowest BCUT2D eigenvalue weighted by atomic mass is 9.96. The van der Waals surface area contributed by atoms with Crippen LogP contribution in [-0.2, 0) is 6.42 Å². The molecule has 0 fully saturated rings. The first-order chi connectivity index (χ1) is 9.51. The lowest BCUT2D eigenvalue weighted by Crippen LogP contribution is -2.14. The number of methoxy groups -OCH3 is 1. The van der Waals surface area contributed by atoms with Crippen LogP contribution in [0.25, 0.3) is 0 Å². The molecule has 0 bridgehead atoms. The van der Waals surface area contributed by atoms with Gasteiger partial charge in [-0.1, -0.05) is 24.3 Å². The van der Waals surface area contributed by atoms with E-state index in [0.717, 1.165) is 16.9 Å². The van der Waals surface area contributed by atoms with E-state index in [1.165, 1.54) is 0 Å². The Balaban J connectivity index is 2.16. The van der Waals surface area contributed by atoms with Gasteiger partial charge in [-0.15, -0.1) is 0 Å². The molecule has 0 aliphatic carbocycles. The molecule has 2 rings (SSSR count). The molecular formula is C17H20FNO. The summed E-state index contributed by atoms with van der Waals surface area (Å²) in [6.45, 7) is 3.54. The Morgan fingerprint density at radius 2 is 1.65 bits per heavy atom. The largest absolute Gasteiger partial charge is 0.497 e. The van der Waals surface area contributed by atoms with Gasteiger partial charge in [-0.05, 0) is 54.7 Å². The minimum atomic E-state index is -0.148. The van der Waals surface area contributed by atoms with E-state index in [1.807, 2.05) is 36.4 Å². The Labute approximate surface area is 119 Å². The minimum absolute atomic E-state index is 0.138. The summed E-state index contributed by atoms with van der Waals surface area (Å²) in [5.41, 5.74) is 9.63. The summed E-state index contributed by atoms with van der Waals surface area (Å²) in [5, 5.41) is 0. The standard InChI is InChI=1S/C17H20FNO/c1-11-8-14(9-12(2)17(11)18)16(19)10-13-4-6-15(20-3)7-5-13/h4-9,16H,10,19H2,1-3H3. The Hall–Kier alpha value is -1.87. The van der Waals surface area contributed by atoms with Crippen LogP contribution in [-0.4, -0.2) is 7.11 Å². The van der Waals surface area contributed by atoms with Gasteiger partial charge >= 0.3 is 0 Å². The maximum atomic E-state index is 13.6. The number of benzene rings is 2. The lowest BCUT2D eigenvalue weighted by molar-refractivity contribution is 0.414. The zero-order chi connectivity index (χ0) is 14.7. The SMILES string of the molecule is COc1ccc(CC(N)c2cc(C)c(F)c(C)c2)cc1. The summed E-state index contributed by atoms with van der Waals surface area (Å²) in [6, 6.07) is 11.4. The number of nitrogens with two attached hydrogens (primary N) is 1. The van der Waals surface area contributed by atoms with Crippen molar-refractivity contribution in [3.63, 3.8) is 0 Å². The van der Waals surface area contributed by atoms with Crippen molar-refractivity contribution in [1.29, 1.82) is 0 Å². The number of aryl methyl sites for hydroxylation is 2. The van der Waals surface area contributed by atoms with Crippen molar-refractivity contribution >= 4 is 0 Å². The predicted octanol–water partition coefficient (Wildman–Crippen LogP) is 3.69. The van der Waals surface area contributed by atoms with Crippen LogP contribution in [0.3, 0.4) is 0 Å². The maximum absolute atomic E-state index is 13.6. The summed E-state index contributed by atoms with van der Waals surface area (Å²) in [6.07, 6.45) is 0.717. The molecule has 2 N–H and O–H groups in total. The van der Waals surface area contributed by atoms with E-state index in [9.17, 15) is 4.39 Å². The van der Waals surface area contributed by atoms with Gasteiger partial charge in [0.15, 0.2) is 0 Å². The molecule has 1 atom stereocenters. The van der Waals surface area contributed by atoms with Crippen LogP contribution in [0.1, 0.15) is 28.3 Å². The van der Waals surface area contributed by atoms with E-state index in [4.69, 9.17) is 10.5 Å². The molecule has 106 valence electrons. The van der Waals surface area contributed by atoms with Crippen molar-refractivity contribution in [2.75, 3.05) is 7.11 Å². The first kappa shape index (κ1) is 14.5. The average Bonchev–Trinajstić information content (AvgIpc) is 2.45. The van der Waals surface area contributed by atoms with Gasteiger partial charge in [-0.25, -0.2) is 4.39 Å². The number of hydrogen-bond donors (Lipinski definition) is 1.